The van der Waals surface area contributed by atoms with E-state index in [1.54, 1.807) is 12.1 Å². The van der Waals surface area contributed by atoms with E-state index in [2.05, 4.69) is 10.2 Å². The monoisotopic (exact) mass is 384 g/mol. The van der Waals surface area contributed by atoms with E-state index < -0.39 is 23.8 Å². The number of nitrogens with two attached hydrogens (primary N) is 1. The van der Waals surface area contributed by atoms with Crippen molar-refractivity contribution in [3.05, 3.63) is 34.9 Å². The molecule has 2 fully saturated rings. The Balaban J connectivity index is 1.55. The lowest BCUT2D eigenvalue weighted by Gasteiger charge is -2.35. The molecule has 3 aliphatic heterocycles. The molecule has 4 amide bonds. The number of amides is 4. The Morgan fingerprint density at radius 2 is 1.82 bits per heavy atom. The van der Waals surface area contributed by atoms with Gasteiger partial charge in [0.1, 0.15) is 6.04 Å². The molecule has 1 aromatic carbocycles. The lowest BCUT2D eigenvalue weighted by Crippen LogP contribution is -2.54. The zero-order valence-electron chi connectivity index (χ0n) is 15.6. The number of likely N-dealkylation sites (tertiary alicyclic amines) is 1. The number of hydrogen-bond donors (Lipinski definition) is 2. The second-order valence-corrected chi connectivity index (χ2v) is 7.68. The van der Waals surface area contributed by atoms with Crippen LogP contribution in [0.25, 0.3) is 0 Å². The first kappa shape index (κ1) is 18.8. The Morgan fingerprint density at radius 1 is 1.04 bits per heavy atom. The molecule has 0 bridgehead atoms. The highest BCUT2D eigenvalue weighted by Gasteiger charge is 2.44. The largest absolute Gasteiger partial charge is 0.329 e. The fourth-order valence-corrected chi connectivity index (χ4v) is 4.39. The van der Waals surface area contributed by atoms with Gasteiger partial charge >= 0.3 is 0 Å². The Kier molecular flexibility index (Phi) is 4.99. The molecule has 3 heterocycles. The van der Waals surface area contributed by atoms with Crippen LogP contribution >= 0.6 is 0 Å². The maximum atomic E-state index is 12.9. The van der Waals surface area contributed by atoms with Gasteiger partial charge in [-0.15, -0.1) is 0 Å². The van der Waals surface area contributed by atoms with E-state index in [0.29, 0.717) is 30.3 Å². The SMILES string of the molecule is NC[C@@H]1CCCCN1Cc1ccc2c(c1)C(=O)N(C1CCC(=O)NC1=O)C2=O. The number of nitrogens with one attached hydrogen (secondary N) is 1. The summed E-state index contributed by atoms with van der Waals surface area (Å²) in [5.74, 6) is -1.91. The standard InChI is InChI=1S/C20H24N4O4/c21-10-13-3-1-2-8-23(13)11-12-4-5-14-15(9-12)20(28)24(19(14)27)16-6-7-17(25)22-18(16)26/h4-5,9,13,16H,1-3,6-8,10-11,21H2,(H,22,25,26)/t13-,16?/m0/s1. The number of fused-ring (bicyclic) bond motifs is 1. The summed E-state index contributed by atoms with van der Waals surface area (Å²) in [5, 5.41) is 2.21. The molecule has 0 aliphatic carbocycles. The van der Waals surface area contributed by atoms with Crippen molar-refractivity contribution < 1.29 is 19.2 Å². The molecule has 4 rings (SSSR count). The first-order chi connectivity index (χ1) is 13.5. The molecule has 1 unspecified atom stereocenters. The highest BCUT2D eigenvalue weighted by molar-refractivity contribution is 6.23. The van der Waals surface area contributed by atoms with Crippen LogP contribution in [-0.2, 0) is 16.1 Å². The van der Waals surface area contributed by atoms with E-state index in [1.807, 2.05) is 6.07 Å². The second-order valence-electron chi connectivity index (χ2n) is 7.68. The van der Waals surface area contributed by atoms with Crippen molar-refractivity contribution in [3.8, 4) is 0 Å². The number of carbonyl (C=O) groups is 4. The molecule has 0 saturated carbocycles. The molecular formula is C20H24N4O4. The molecule has 2 atom stereocenters. The van der Waals surface area contributed by atoms with Crippen LogP contribution < -0.4 is 11.1 Å². The molecular weight excluding hydrogens is 360 g/mol. The van der Waals surface area contributed by atoms with Gasteiger partial charge in [-0.25, -0.2) is 0 Å². The molecule has 0 radical (unpaired) electrons. The Bertz CT molecular complexity index is 853. The van der Waals surface area contributed by atoms with Gasteiger partial charge in [0.05, 0.1) is 11.1 Å². The van der Waals surface area contributed by atoms with E-state index in [9.17, 15) is 19.2 Å². The van der Waals surface area contributed by atoms with Crippen molar-refractivity contribution in [1.29, 1.82) is 0 Å². The highest BCUT2D eigenvalue weighted by atomic mass is 16.2. The van der Waals surface area contributed by atoms with E-state index in [0.717, 1.165) is 29.8 Å². The van der Waals surface area contributed by atoms with Crippen LogP contribution in [0.5, 0.6) is 0 Å². The third-order valence-electron chi connectivity index (χ3n) is 5.91. The zero-order chi connectivity index (χ0) is 19.8. The van der Waals surface area contributed by atoms with Gasteiger partial charge in [0.25, 0.3) is 11.8 Å². The normalized spacial score (nSPS) is 25.8. The molecule has 0 spiro atoms. The summed E-state index contributed by atoms with van der Waals surface area (Å²) < 4.78 is 0. The Labute approximate surface area is 163 Å². The second kappa shape index (κ2) is 7.44. The van der Waals surface area contributed by atoms with Gasteiger partial charge in [0.2, 0.25) is 11.8 Å². The summed E-state index contributed by atoms with van der Waals surface area (Å²) in [5.41, 5.74) is 7.48. The third kappa shape index (κ3) is 3.22. The topological polar surface area (TPSA) is 113 Å². The molecule has 3 N–H and O–H groups in total. The first-order valence-electron chi connectivity index (χ1n) is 9.78. The Morgan fingerprint density at radius 3 is 2.57 bits per heavy atom. The van der Waals surface area contributed by atoms with Crippen LogP contribution in [0.3, 0.4) is 0 Å². The number of carbonyl (C=O) groups excluding carboxylic acids is 4. The highest BCUT2D eigenvalue weighted by Crippen LogP contribution is 2.29. The summed E-state index contributed by atoms with van der Waals surface area (Å²) in [4.78, 5) is 52.5. The van der Waals surface area contributed by atoms with Crippen LogP contribution in [0, 0.1) is 0 Å². The van der Waals surface area contributed by atoms with Crippen LogP contribution in [0.1, 0.15) is 58.4 Å². The number of hydrogen-bond acceptors (Lipinski definition) is 6. The molecule has 148 valence electrons. The lowest BCUT2D eigenvalue weighted by atomic mass is 10.00. The van der Waals surface area contributed by atoms with Gasteiger partial charge < -0.3 is 5.73 Å². The number of piperidine rings is 2. The minimum Gasteiger partial charge on any atom is -0.329 e. The van der Waals surface area contributed by atoms with Crippen LogP contribution in [0.4, 0.5) is 0 Å². The molecule has 28 heavy (non-hydrogen) atoms. The van der Waals surface area contributed by atoms with Crippen molar-refractivity contribution in [2.75, 3.05) is 13.1 Å². The zero-order valence-corrected chi connectivity index (χ0v) is 15.6. The average Bonchev–Trinajstić information content (AvgIpc) is 2.93. The van der Waals surface area contributed by atoms with Gasteiger partial charge in [0.15, 0.2) is 0 Å². The number of nitrogens with zero attached hydrogens (tertiary/aromatic N) is 2. The maximum Gasteiger partial charge on any atom is 0.262 e. The summed E-state index contributed by atoms with van der Waals surface area (Å²) in [6.45, 7) is 2.24. The Hall–Kier alpha value is -2.58. The van der Waals surface area contributed by atoms with Gasteiger partial charge in [0, 0.05) is 25.6 Å². The van der Waals surface area contributed by atoms with E-state index >= 15 is 0 Å². The molecule has 8 heteroatoms. The summed E-state index contributed by atoms with van der Waals surface area (Å²) in [6, 6.07) is 4.68. The van der Waals surface area contributed by atoms with Crippen molar-refractivity contribution in [1.82, 2.24) is 15.1 Å². The van der Waals surface area contributed by atoms with Gasteiger partial charge in [-0.1, -0.05) is 12.5 Å². The van der Waals surface area contributed by atoms with Gasteiger partial charge in [-0.3, -0.25) is 34.3 Å². The van der Waals surface area contributed by atoms with Gasteiger partial charge in [-0.2, -0.15) is 0 Å². The fraction of sp³-hybridized carbons (Fsp3) is 0.500. The summed E-state index contributed by atoms with van der Waals surface area (Å²) >= 11 is 0. The smallest absolute Gasteiger partial charge is 0.262 e. The number of benzene rings is 1. The van der Waals surface area contributed by atoms with E-state index in [1.165, 1.54) is 6.42 Å². The molecule has 1 aromatic rings. The lowest BCUT2D eigenvalue weighted by molar-refractivity contribution is -0.136. The molecule has 3 aliphatic rings. The number of rotatable bonds is 4. The van der Waals surface area contributed by atoms with Crippen molar-refractivity contribution in [2.45, 2.75) is 50.7 Å². The van der Waals surface area contributed by atoms with Crippen molar-refractivity contribution in [3.63, 3.8) is 0 Å². The summed E-state index contributed by atoms with van der Waals surface area (Å²) in [6.07, 6.45) is 3.65. The first-order valence-corrected chi connectivity index (χ1v) is 9.78. The van der Waals surface area contributed by atoms with Crippen molar-refractivity contribution in [2.24, 2.45) is 5.73 Å². The predicted molar refractivity (Wildman–Crippen MR) is 100 cm³/mol. The predicted octanol–water partition coefficient (Wildman–Crippen LogP) is 0.401. The van der Waals surface area contributed by atoms with Gasteiger partial charge in [-0.05, 0) is 43.5 Å². The molecule has 8 nitrogen and oxygen atoms in total. The van der Waals surface area contributed by atoms with Crippen LogP contribution in [0.15, 0.2) is 18.2 Å². The number of imide groups is 2. The van der Waals surface area contributed by atoms with E-state index in [4.69, 9.17) is 5.73 Å². The molecule has 0 aromatic heterocycles. The van der Waals surface area contributed by atoms with Crippen molar-refractivity contribution >= 4 is 23.6 Å². The molecule has 2 saturated heterocycles. The average molecular weight is 384 g/mol. The third-order valence-corrected chi connectivity index (χ3v) is 5.91. The maximum absolute atomic E-state index is 12.9. The summed E-state index contributed by atoms with van der Waals surface area (Å²) in [7, 11) is 0. The van der Waals surface area contributed by atoms with E-state index in [-0.39, 0.29) is 18.7 Å². The minimum absolute atomic E-state index is 0.116. The fourth-order valence-electron chi connectivity index (χ4n) is 4.39. The van der Waals surface area contributed by atoms with Crippen LogP contribution in [0.2, 0.25) is 0 Å². The van der Waals surface area contributed by atoms with Crippen LogP contribution in [-0.4, -0.2) is 58.6 Å². The minimum atomic E-state index is -0.933. The quantitative estimate of drug-likeness (QED) is 0.727.